The molecule has 4 N–H and O–H groups in total. The van der Waals surface area contributed by atoms with E-state index in [1.54, 1.807) is 6.92 Å². The molecule has 0 rings (SSSR count). The van der Waals surface area contributed by atoms with Gasteiger partial charge in [-0.15, -0.1) is 0 Å². The fourth-order valence-electron chi connectivity index (χ4n) is 2.09. The molecule has 6 unspecified atom stereocenters. The summed E-state index contributed by atoms with van der Waals surface area (Å²) in [5, 5.41) is 34.2. The number of hydrogen-bond donors (Lipinski definition) is 4. The number of aliphatic carboxylic acids is 4. The predicted octanol–water partition coefficient (Wildman–Crippen LogP) is 3.15. The summed E-state index contributed by atoms with van der Waals surface area (Å²) in [6, 6.07) is 0. The van der Waals surface area contributed by atoms with Crippen molar-refractivity contribution in [2.45, 2.75) is 55.4 Å². The molecule has 0 fully saturated rings. The summed E-state index contributed by atoms with van der Waals surface area (Å²) < 4.78 is 0. The SMILES string of the molecule is C.CC(C(=O)O)C(C)C(=O)O.CC(CC(=O)O)C(C)C(C)C(C)C(=O)O. The lowest BCUT2D eigenvalue weighted by Crippen LogP contribution is -2.28. The monoisotopic (exact) mass is 378 g/mol. The number of carbonyl (C=O) groups is 4. The van der Waals surface area contributed by atoms with E-state index in [9.17, 15) is 19.2 Å². The molecule has 0 aliphatic carbocycles. The van der Waals surface area contributed by atoms with E-state index in [1.807, 2.05) is 20.8 Å². The van der Waals surface area contributed by atoms with Crippen molar-refractivity contribution in [2.75, 3.05) is 0 Å². The Morgan fingerprint density at radius 1 is 0.615 bits per heavy atom. The largest absolute Gasteiger partial charge is 0.481 e. The average Bonchev–Trinajstić information content (AvgIpc) is 2.50. The lowest BCUT2D eigenvalue weighted by atomic mass is 9.77. The lowest BCUT2D eigenvalue weighted by molar-refractivity contribution is -0.152. The molecule has 0 aromatic carbocycles. The van der Waals surface area contributed by atoms with Gasteiger partial charge < -0.3 is 20.4 Å². The van der Waals surface area contributed by atoms with Gasteiger partial charge in [0.25, 0.3) is 0 Å². The first-order chi connectivity index (χ1) is 11.2. The van der Waals surface area contributed by atoms with Crippen LogP contribution in [0.5, 0.6) is 0 Å². The molecule has 26 heavy (non-hydrogen) atoms. The molecule has 0 aromatic rings. The van der Waals surface area contributed by atoms with Crippen molar-refractivity contribution in [2.24, 2.45) is 35.5 Å². The normalized spacial score (nSPS) is 17.0. The Kier molecular flexibility index (Phi) is 14.5. The van der Waals surface area contributed by atoms with Crippen LogP contribution in [0.3, 0.4) is 0 Å². The lowest BCUT2D eigenvalue weighted by Gasteiger charge is -2.27. The zero-order valence-electron chi connectivity index (χ0n) is 15.6. The van der Waals surface area contributed by atoms with Gasteiger partial charge in [-0.2, -0.15) is 0 Å². The summed E-state index contributed by atoms with van der Waals surface area (Å²) >= 11 is 0. The Bertz CT molecular complexity index is 456. The van der Waals surface area contributed by atoms with Gasteiger partial charge in [0.2, 0.25) is 0 Å². The van der Waals surface area contributed by atoms with Crippen LogP contribution in [0.15, 0.2) is 0 Å². The first kappa shape index (κ1) is 28.7. The molecular weight excluding hydrogens is 344 g/mol. The smallest absolute Gasteiger partial charge is 0.307 e. The quantitative estimate of drug-likeness (QED) is 0.478. The Labute approximate surface area is 155 Å². The third kappa shape index (κ3) is 10.7. The molecule has 154 valence electrons. The van der Waals surface area contributed by atoms with Crippen molar-refractivity contribution >= 4 is 23.9 Å². The van der Waals surface area contributed by atoms with Crippen molar-refractivity contribution in [3.63, 3.8) is 0 Å². The summed E-state index contributed by atoms with van der Waals surface area (Å²) in [5.41, 5.74) is 0. The fourth-order valence-corrected chi connectivity index (χ4v) is 2.09. The summed E-state index contributed by atoms with van der Waals surface area (Å²) in [6.07, 6.45) is 0.0951. The van der Waals surface area contributed by atoms with Crippen LogP contribution in [0.4, 0.5) is 0 Å². The highest BCUT2D eigenvalue weighted by Gasteiger charge is 2.28. The molecule has 0 radical (unpaired) electrons. The highest BCUT2D eigenvalue weighted by molar-refractivity contribution is 5.79. The van der Waals surface area contributed by atoms with Crippen molar-refractivity contribution in [1.82, 2.24) is 0 Å². The van der Waals surface area contributed by atoms with Gasteiger partial charge in [-0.25, -0.2) is 0 Å². The maximum Gasteiger partial charge on any atom is 0.307 e. The first-order valence-corrected chi connectivity index (χ1v) is 8.14. The summed E-state index contributed by atoms with van der Waals surface area (Å²) in [6.45, 7) is 10.0. The van der Waals surface area contributed by atoms with E-state index in [0.717, 1.165) is 0 Å². The van der Waals surface area contributed by atoms with Crippen LogP contribution >= 0.6 is 0 Å². The molecule has 0 saturated heterocycles. The van der Waals surface area contributed by atoms with Crippen LogP contribution in [-0.2, 0) is 19.2 Å². The second kappa shape index (κ2) is 13.1. The molecule has 0 aromatic heterocycles. The molecule has 0 saturated carbocycles. The molecule has 0 aliphatic rings. The van der Waals surface area contributed by atoms with E-state index in [0.29, 0.717) is 0 Å². The van der Waals surface area contributed by atoms with Gasteiger partial charge in [0.05, 0.1) is 17.8 Å². The van der Waals surface area contributed by atoms with E-state index >= 15 is 0 Å². The fraction of sp³-hybridized carbons (Fsp3) is 0.778. The number of carboxylic acids is 4. The van der Waals surface area contributed by atoms with Gasteiger partial charge in [0.15, 0.2) is 0 Å². The Hall–Kier alpha value is -2.12. The second-order valence-corrected chi connectivity index (χ2v) is 6.67. The van der Waals surface area contributed by atoms with Crippen LogP contribution in [0.1, 0.15) is 55.4 Å². The number of hydrogen-bond acceptors (Lipinski definition) is 4. The van der Waals surface area contributed by atoms with Gasteiger partial charge >= 0.3 is 23.9 Å². The van der Waals surface area contributed by atoms with Crippen LogP contribution in [0, 0.1) is 35.5 Å². The van der Waals surface area contributed by atoms with Crippen molar-refractivity contribution in [3.05, 3.63) is 0 Å². The molecule has 0 bridgehead atoms. The molecule has 8 heteroatoms. The zero-order chi connectivity index (χ0) is 20.5. The Morgan fingerprint density at radius 2 is 0.923 bits per heavy atom. The number of carboxylic acid groups (broad SMARTS) is 4. The van der Waals surface area contributed by atoms with Crippen molar-refractivity contribution in [1.29, 1.82) is 0 Å². The number of rotatable bonds is 9. The molecule has 0 aliphatic heterocycles. The van der Waals surface area contributed by atoms with Crippen LogP contribution in [0.2, 0.25) is 0 Å². The molecule has 0 amide bonds. The molecule has 0 spiro atoms. The summed E-state index contributed by atoms with van der Waals surface area (Å²) in [7, 11) is 0. The third-order valence-electron chi connectivity index (χ3n) is 4.93. The van der Waals surface area contributed by atoms with Crippen LogP contribution in [0.25, 0.3) is 0 Å². The molecule has 0 heterocycles. The van der Waals surface area contributed by atoms with Gasteiger partial charge in [0, 0.05) is 6.42 Å². The van der Waals surface area contributed by atoms with Crippen LogP contribution < -0.4 is 0 Å². The van der Waals surface area contributed by atoms with E-state index in [-0.39, 0.29) is 31.6 Å². The second-order valence-electron chi connectivity index (χ2n) is 6.67. The Morgan fingerprint density at radius 3 is 1.15 bits per heavy atom. The van der Waals surface area contributed by atoms with Gasteiger partial charge in [0.1, 0.15) is 0 Å². The van der Waals surface area contributed by atoms with E-state index < -0.39 is 41.6 Å². The van der Waals surface area contributed by atoms with E-state index in [1.165, 1.54) is 13.8 Å². The topological polar surface area (TPSA) is 149 Å². The van der Waals surface area contributed by atoms with Crippen molar-refractivity contribution in [3.8, 4) is 0 Å². The molecular formula is C18H34O8. The average molecular weight is 378 g/mol. The maximum atomic E-state index is 10.8. The first-order valence-electron chi connectivity index (χ1n) is 8.14. The predicted molar refractivity (Wildman–Crippen MR) is 96.9 cm³/mol. The third-order valence-corrected chi connectivity index (χ3v) is 4.93. The molecule has 6 atom stereocenters. The minimum Gasteiger partial charge on any atom is -0.481 e. The van der Waals surface area contributed by atoms with Gasteiger partial charge in [-0.1, -0.05) is 49.0 Å². The van der Waals surface area contributed by atoms with Gasteiger partial charge in [-0.05, 0) is 17.8 Å². The Balaban J connectivity index is -0.000000422. The summed E-state index contributed by atoms with van der Waals surface area (Å²) in [5.74, 6) is -5.80. The standard InChI is InChI=1S/C11H20O4.C6H10O4.CH4/c1-6(5-10(12)13)7(2)8(3)9(4)11(14)15;1-3(5(7)8)4(2)6(9)10;/h6-9H,5H2,1-4H3,(H,12,13)(H,14,15);3-4H,1-2H3,(H,7,8)(H,9,10);1H4. The van der Waals surface area contributed by atoms with Crippen molar-refractivity contribution < 1.29 is 39.6 Å². The minimum atomic E-state index is -1.07. The van der Waals surface area contributed by atoms with E-state index in [4.69, 9.17) is 20.4 Å². The zero-order valence-corrected chi connectivity index (χ0v) is 15.6. The summed E-state index contributed by atoms with van der Waals surface area (Å²) in [4.78, 5) is 41.7. The van der Waals surface area contributed by atoms with Gasteiger partial charge in [-0.3, -0.25) is 19.2 Å². The van der Waals surface area contributed by atoms with E-state index in [2.05, 4.69) is 0 Å². The highest BCUT2D eigenvalue weighted by atomic mass is 16.4. The maximum absolute atomic E-state index is 10.8. The highest BCUT2D eigenvalue weighted by Crippen LogP contribution is 2.28. The molecule has 8 nitrogen and oxygen atoms in total. The minimum absolute atomic E-state index is 0. The van der Waals surface area contributed by atoms with Crippen LogP contribution in [-0.4, -0.2) is 44.3 Å².